The molecule has 0 bridgehead atoms. The van der Waals surface area contributed by atoms with Crippen LogP contribution in [-0.4, -0.2) is 33.4 Å². The minimum atomic E-state index is -0.836. The Morgan fingerprint density at radius 3 is 2.53 bits per heavy atom. The minimum Gasteiger partial charge on any atom is -0.480 e. The van der Waals surface area contributed by atoms with Crippen LogP contribution in [0.1, 0.15) is 30.8 Å². The number of nitrogens with one attached hydrogen (secondary N) is 1. The van der Waals surface area contributed by atoms with Crippen LogP contribution >= 0.6 is 0 Å². The van der Waals surface area contributed by atoms with E-state index in [4.69, 9.17) is 5.11 Å². The third-order valence-electron chi connectivity index (χ3n) is 2.99. The second-order valence-electron chi connectivity index (χ2n) is 4.13. The zero-order chi connectivity index (χ0) is 13.0. The van der Waals surface area contributed by atoms with Gasteiger partial charge < -0.3 is 10.4 Å². The molecule has 96 valence electrons. The smallest absolute Gasteiger partial charge is 0.322 e. The third kappa shape index (κ3) is 3.06. The lowest BCUT2D eigenvalue weighted by atomic mass is 10.1. The van der Waals surface area contributed by atoms with Gasteiger partial charge in [-0.05, 0) is 32.4 Å². The van der Waals surface area contributed by atoms with Gasteiger partial charge in [-0.25, -0.2) is 0 Å². The summed E-state index contributed by atoms with van der Waals surface area (Å²) < 4.78 is 1.79. The van der Waals surface area contributed by atoms with E-state index < -0.39 is 12.0 Å². The van der Waals surface area contributed by atoms with Crippen LogP contribution in [0.3, 0.4) is 0 Å². The highest BCUT2D eigenvalue weighted by Crippen LogP contribution is 2.13. The quantitative estimate of drug-likeness (QED) is 0.780. The lowest BCUT2D eigenvalue weighted by molar-refractivity contribution is -0.139. The van der Waals surface area contributed by atoms with Crippen LogP contribution in [0.2, 0.25) is 0 Å². The number of carboxylic acid groups (broad SMARTS) is 1. The average Bonchev–Trinajstić information content (AvgIpc) is 2.53. The molecule has 17 heavy (non-hydrogen) atoms. The van der Waals surface area contributed by atoms with Crippen LogP contribution in [0.25, 0.3) is 0 Å². The van der Waals surface area contributed by atoms with Crippen LogP contribution in [0, 0.1) is 13.8 Å². The summed E-state index contributed by atoms with van der Waals surface area (Å²) >= 11 is 0. The monoisotopic (exact) mass is 239 g/mol. The Balaban J connectivity index is 2.90. The molecule has 1 atom stereocenters. The second-order valence-corrected chi connectivity index (χ2v) is 4.13. The van der Waals surface area contributed by atoms with Crippen molar-refractivity contribution in [3.63, 3.8) is 0 Å². The van der Waals surface area contributed by atoms with Crippen molar-refractivity contribution in [1.29, 1.82) is 0 Å². The number of nitrogens with zero attached hydrogens (tertiary/aromatic N) is 2. The molecule has 0 aliphatic heterocycles. The number of hydrogen-bond donors (Lipinski definition) is 2. The van der Waals surface area contributed by atoms with Gasteiger partial charge in [-0.3, -0.25) is 9.48 Å². The standard InChI is InChI=1S/C12H21N3O2/c1-5-10-8(3)14-15(9(10)4)7-11(12(16)17)13-6-2/h11,13H,5-7H2,1-4H3,(H,16,17)/t11-/m1/s1. The second kappa shape index (κ2) is 5.82. The topological polar surface area (TPSA) is 67.2 Å². The number of aromatic nitrogens is 2. The van der Waals surface area contributed by atoms with Crippen molar-refractivity contribution in [2.75, 3.05) is 6.54 Å². The predicted octanol–water partition coefficient (Wildman–Crippen LogP) is 1.13. The lowest BCUT2D eigenvalue weighted by Gasteiger charge is -2.14. The summed E-state index contributed by atoms with van der Waals surface area (Å²) in [5.41, 5.74) is 3.27. The van der Waals surface area contributed by atoms with E-state index in [9.17, 15) is 4.79 Å². The Morgan fingerprint density at radius 2 is 2.12 bits per heavy atom. The fraction of sp³-hybridized carbons (Fsp3) is 0.667. The molecule has 0 saturated carbocycles. The van der Waals surface area contributed by atoms with Crippen molar-refractivity contribution >= 4 is 5.97 Å². The van der Waals surface area contributed by atoms with Gasteiger partial charge in [0, 0.05) is 5.69 Å². The van der Waals surface area contributed by atoms with Gasteiger partial charge in [-0.1, -0.05) is 13.8 Å². The van der Waals surface area contributed by atoms with E-state index in [1.165, 1.54) is 5.56 Å². The van der Waals surface area contributed by atoms with Crippen molar-refractivity contribution in [2.24, 2.45) is 0 Å². The molecule has 0 spiro atoms. The molecule has 1 rings (SSSR count). The summed E-state index contributed by atoms with van der Waals surface area (Å²) in [5, 5.41) is 16.4. The maximum atomic E-state index is 11.1. The van der Waals surface area contributed by atoms with E-state index in [2.05, 4.69) is 17.3 Å². The number of aliphatic carboxylic acids is 1. The Hall–Kier alpha value is -1.36. The normalized spacial score (nSPS) is 12.7. The molecule has 1 aromatic rings. The summed E-state index contributed by atoms with van der Waals surface area (Å²) in [6.07, 6.45) is 0.927. The molecule has 0 saturated heterocycles. The number of hydrogen-bond acceptors (Lipinski definition) is 3. The first kappa shape index (κ1) is 13.7. The van der Waals surface area contributed by atoms with Gasteiger partial charge in [0.05, 0.1) is 12.2 Å². The molecule has 5 heteroatoms. The Labute approximate surface area is 102 Å². The van der Waals surface area contributed by atoms with Crippen molar-refractivity contribution < 1.29 is 9.90 Å². The van der Waals surface area contributed by atoms with E-state index in [0.29, 0.717) is 13.1 Å². The highest BCUT2D eigenvalue weighted by Gasteiger charge is 2.19. The maximum absolute atomic E-state index is 11.1. The Bertz CT molecular complexity index is 399. The molecular weight excluding hydrogens is 218 g/mol. The summed E-state index contributed by atoms with van der Waals surface area (Å²) in [7, 11) is 0. The number of likely N-dealkylation sites (N-methyl/N-ethyl adjacent to an activating group) is 1. The van der Waals surface area contributed by atoms with Crippen LogP contribution in [0.15, 0.2) is 0 Å². The zero-order valence-corrected chi connectivity index (χ0v) is 10.9. The molecular formula is C12H21N3O2. The number of carbonyl (C=O) groups is 1. The molecule has 0 radical (unpaired) electrons. The molecule has 0 aliphatic carbocycles. The van der Waals surface area contributed by atoms with Crippen molar-refractivity contribution in [3.8, 4) is 0 Å². The van der Waals surface area contributed by atoms with E-state index in [1.54, 1.807) is 4.68 Å². The Morgan fingerprint density at radius 1 is 1.47 bits per heavy atom. The van der Waals surface area contributed by atoms with Crippen LogP contribution in [-0.2, 0) is 17.8 Å². The molecule has 5 nitrogen and oxygen atoms in total. The zero-order valence-electron chi connectivity index (χ0n) is 10.9. The fourth-order valence-electron chi connectivity index (χ4n) is 2.07. The van der Waals surface area contributed by atoms with Gasteiger partial charge in [-0.15, -0.1) is 0 Å². The Kier molecular flexibility index (Phi) is 4.69. The maximum Gasteiger partial charge on any atom is 0.322 e. The van der Waals surface area contributed by atoms with Gasteiger partial charge in [0.15, 0.2) is 0 Å². The molecule has 1 heterocycles. The first-order valence-corrected chi connectivity index (χ1v) is 6.00. The number of rotatable bonds is 6. The van der Waals surface area contributed by atoms with Crippen molar-refractivity contribution in [3.05, 3.63) is 17.0 Å². The van der Waals surface area contributed by atoms with E-state index in [1.807, 2.05) is 20.8 Å². The first-order chi connectivity index (χ1) is 8.01. The molecule has 0 aromatic carbocycles. The number of carboxylic acids is 1. The third-order valence-corrected chi connectivity index (χ3v) is 2.99. The van der Waals surface area contributed by atoms with Crippen LogP contribution < -0.4 is 5.32 Å². The van der Waals surface area contributed by atoms with Crippen molar-refractivity contribution in [1.82, 2.24) is 15.1 Å². The van der Waals surface area contributed by atoms with Gasteiger partial charge in [0.2, 0.25) is 0 Å². The highest BCUT2D eigenvalue weighted by molar-refractivity contribution is 5.73. The van der Waals surface area contributed by atoms with Gasteiger partial charge in [-0.2, -0.15) is 5.10 Å². The van der Waals surface area contributed by atoms with Crippen molar-refractivity contribution in [2.45, 2.75) is 46.7 Å². The molecule has 2 N–H and O–H groups in total. The predicted molar refractivity (Wildman–Crippen MR) is 66.2 cm³/mol. The largest absolute Gasteiger partial charge is 0.480 e. The molecule has 0 aliphatic rings. The van der Waals surface area contributed by atoms with Gasteiger partial charge in [0.1, 0.15) is 6.04 Å². The summed E-state index contributed by atoms with van der Waals surface area (Å²) in [6, 6.07) is -0.581. The first-order valence-electron chi connectivity index (χ1n) is 6.00. The lowest BCUT2D eigenvalue weighted by Crippen LogP contribution is -2.40. The van der Waals surface area contributed by atoms with E-state index >= 15 is 0 Å². The van der Waals surface area contributed by atoms with Crippen LogP contribution in [0.5, 0.6) is 0 Å². The fourth-order valence-corrected chi connectivity index (χ4v) is 2.07. The van der Waals surface area contributed by atoms with Gasteiger partial charge >= 0.3 is 5.97 Å². The van der Waals surface area contributed by atoms with E-state index in [-0.39, 0.29) is 0 Å². The average molecular weight is 239 g/mol. The summed E-state index contributed by atoms with van der Waals surface area (Å²) in [6.45, 7) is 8.94. The summed E-state index contributed by atoms with van der Waals surface area (Å²) in [4.78, 5) is 11.1. The SMILES string of the molecule is CCN[C@H](Cn1nc(C)c(CC)c1C)C(=O)O. The number of aryl methyl sites for hydroxylation is 1. The molecule has 0 fully saturated rings. The minimum absolute atomic E-state index is 0.371. The molecule has 0 unspecified atom stereocenters. The van der Waals surface area contributed by atoms with E-state index in [0.717, 1.165) is 17.8 Å². The summed E-state index contributed by atoms with van der Waals surface area (Å²) in [5.74, 6) is -0.836. The van der Waals surface area contributed by atoms with Crippen LogP contribution in [0.4, 0.5) is 0 Å². The highest BCUT2D eigenvalue weighted by atomic mass is 16.4. The van der Waals surface area contributed by atoms with Gasteiger partial charge in [0.25, 0.3) is 0 Å². The molecule has 0 amide bonds. The molecule has 1 aromatic heterocycles.